The lowest BCUT2D eigenvalue weighted by atomic mass is 10.3. The van der Waals surface area contributed by atoms with E-state index in [1.54, 1.807) is 0 Å². The number of nitrogens with one attached hydrogen (secondary N) is 1. The quantitative estimate of drug-likeness (QED) is 0.842. The summed E-state index contributed by atoms with van der Waals surface area (Å²) in [6.45, 7) is 1.83. The molecule has 1 aliphatic rings. The molecule has 1 aromatic heterocycles. The van der Waals surface area contributed by atoms with E-state index in [1.165, 1.54) is 24.2 Å². The number of hydrogen-bond donors (Lipinski definition) is 1. The number of nitrogens with zero attached hydrogens (tertiary/aromatic N) is 1. The molecule has 0 aliphatic carbocycles. The summed E-state index contributed by atoms with van der Waals surface area (Å²) < 4.78 is 4.70. The van der Waals surface area contributed by atoms with E-state index in [0.29, 0.717) is 10.9 Å². The highest BCUT2D eigenvalue weighted by atomic mass is 32.2. The van der Waals surface area contributed by atoms with E-state index in [9.17, 15) is 4.79 Å². The molecule has 1 fully saturated rings. The van der Waals surface area contributed by atoms with Crippen LogP contribution in [0, 0.1) is 6.92 Å². The summed E-state index contributed by atoms with van der Waals surface area (Å²) >= 11 is 3.32. The van der Waals surface area contributed by atoms with Crippen LogP contribution in [0.1, 0.15) is 21.8 Å². The van der Waals surface area contributed by atoms with Crippen molar-refractivity contribution in [2.45, 2.75) is 19.4 Å². The maximum Gasteiger partial charge on any atom is 0.350 e. The number of methoxy groups -OCH3 is 1. The number of carbonyl (C=O) groups is 1. The average molecular weight is 258 g/mol. The lowest BCUT2D eigenvalue weighted by molar-refractivity contribution is 0.0605. The van der Waals surface area contributed by atoms with Crippen molar-refractivity contribution < 1.29 is 9.53 Å². The number of aromatic nitrogens is 1. The Morgan fingerprint density at radius 2 is 2.44 bits per heavy atom. The predicted octanol–water partition coefficient (Wildman–Crippen LogP) is 2.16. The van der Waals surface area contributed by atoms with Crippen LogP contribution in [0.15, 0.2) is 0 Å². The topological polar surface area (TPSA) is 51.2 Å². The Bertz CT molecular complexity index is 386. The van der Waals surface area contributed by atoms with Crippen LogP contribution in [-0.2, 0) is 4.74 Å². The summed E-state index contributed by atoms with van der Waals surface area (Å²) in [6, 6.07) is 0.487. The molecule has 0 amide bonds. The Morgan fingerprint density at radius 3 is 3.06 bits per heavy atom. The van der Waals surface area contributed by atoms with E-state index >= 15 is 0 Å². The first-order chi connectivity index (χ1) is 7.70. The van der Waals surface area contributed by atoms with Crippen LogP contribution in [0.25, 0.3) is 0 Å². The smallest absolute Gasteiger partial charge is 0.350 e. The molecule has 16 heavy (non-hydrogen) atoms. The van der Waals surface area contributed by atoms with Crippen molar-refractivity contribution in [1.82, 2.24) is 4.98 Å². The van der Waals surface area contributed by atoms with Gasteiger partial charge in [-0.25, -0.2) is 9.78 Å². The number of thioether (sulfide) groups is 1. The first kappa shape index (κ1) is 11.7. The number of aryl methyl sites for hydroxylation is 1. The molecular weight excluding hydrogens is 244 g/mol. The molecule has 2 heterocycles. The van der Waals surface area contributed by atoms with E-state index in [2.05, 4.69) is 10.3 Å². The van der Waals surface area contributed by atoms with Gasteiger partial charge in [-0.15, -0.1) is 0 Å². The minimum atomic E-state index is -0.302. The molecule has 2 rings (SSSR count). The maximum absolute atomic E-state index is 11.4. The van der Waals surface area contributed by atoms with Gasteiger partial charge < -0.3 is 10.1 Å². The molecule has 0 bridgehead atoms. The number of thiazole rings is 1. The Balaban J connectivity index is 2.07. The van der Waals surface area contributed by atoms with Gasteiger partial charge in [0.2, 0.25) is 0 Å². The largest absolute Gasteiger partial charge is 0.465 e. The van der Waals surface area contributed by atoms with Gasteiger partial charge in [0, 0.05) is 11.8 Å². The van der Waals surface area contributed by atoms with Gasteiger partial charge in [-0.2, -0.15) is 11.8 Å². The number of hydrogen-bond acceptors (Lipinski definition) is 6. The van der Waals surface area contributed by atoms with Gasteiger partial charge in [-0.05, 0) is 19.1 Å². The predicted molar refractivity (Wildman–Crippen MR) is 67.5 cm³/mol. The van der Waals surface area contributed by atoms with Crippen molar-refractivity contribution in [3.05, 3.63) is 10.6 Å². The second-order valence-electron chi connectivity index (χ2n) is 3.63. The standard InChI is InChI=1S/C10H14N2O2S2/c1-6-8(9(13)14-2)16-10(11-6)12-7-3-4-15-5-7/h7H,3-5H2,1-2H3,(H,11,12). The number of anilines is 1. The highest BCUT2D eigenvalue weighted by Gasteiger charge is 2.19. The molecule has 1 atom stereocenters. The molecule has 6 heteroatoms. The Labute approximate surface area is 103 Å². The Morgan fingerprint density at radius 1 is 1.62 bits per heavy atom. The van der Waals surface area contributed by atoms with Crippen LogP contribution in [0.4, 0.5) is 5.13 Å². The summed E-state index contributed by atoms with van der Waals surface area (Å²) in [5, 5.41) is 4.18. The first-order valence-corrected chi connectivity index (χ1v) is 7.08. The van der Waals surface area contributed by atoms with E-state index < -0.39 is 0 Å². The van der Waals surface area contributed by atoms with Crippen molar-refractivity contribution in [2.75, 3.05) is 23.9 Å². The summed E-state index contributed by atoms with van der Waals surface area (Å²) in [4.78, 5) is 16.3. The van der Waals surface area contributed by atoms with Gasteiger partial charge in [0.05, 0.1) is 12.8 Å². The Hall–Kier alpha value is -0.750. The van der Waals surface area contributed by atoms with Gasteiger partial charge >= 0.3 is 5.97 Å². The molecule has 0 aromatic carbocycles. The first-order valence-electron chi connectivity index (χ1n) is 5.10. The van der Waals surface area contributed by atoms with Crippen LogP contribution >= 0.6 is 23.1 Å². The van der Waals surface area contributed by atoms with Gasteiger partial charge in [0.15, 0.2) is 5.13 Å². The number of ether oxygens (including phenoxy) is 1. The van der Waals surface area contributed by atoms with Crippen LogP contribution in [0.2, 0.25) is 0 Å². The fraction of sp³-hybridized carbons (Fsp3) is 0.600. The van der Waals surface area contributed by atoms with Gasteiger partial charge in [0.1, 0.15) is 4.88 Å². The van der Waals surface area contributed by atoms with E-state index in [1.807, 2.05) is 18.7 Å². The lowest BCUT2D eigenvalue weighted by Crippen LogP contribution is -2.17. The molecule has 1 saturated heterocycles. The number of rotatable bonds is 3. The zero-order valence-corrected chi connectivity index (χ0v) is 10.9. The van der Waals surface area contributed by atoms with Crippen LogP contribution in [0.3, 0.4) is 0 Å². The molecule has 4 nitrogen and oxygen atoms in total. The van der Waals surface area contributed by atoms with Gasteiger partial charge in [-0.3, -0.25) is 0 Å². The zero-order chi connectivity index (χ0) is 11.5. The highest BCUT2D eigenvalue weighted by molar-refractivity contribution is 7.99. The zero-order valence-electron chi connectivity index (χ0n) is 9.28. The molecule has 0 radical (unpaired) electrons. The SMILES string of the molecule is COC(=O)c1sc(NC2CCSC2)nc1C. The number of carbonyl (C=O) groups excluding carboxylic acids is 1. The summed E-state index contributed by atoms with van der Waals surface area (Å²) in [5.41, 5.74) is 0.741. The van der Waals surface area contributed by atoms with Gasteiger partial charge in [-0.1, -0.05) is 11.3 Å². The average Bonchev–Trinajstić information content (AvgIpc) is 2.88. The summed E-state index contributed by atoms with van der Waals surface area (Å²) in [5.74, 6) is 2.02. The van der Waals surface area contributed by atoms with Crippen molar-refractivity contribution >= 4 is 34.2 Å². The normalized spacial score (nSPS) is 19.8. The van der Waals surface area contributed by atoms with Crippen molar-refractivity contribution in [3.8, 4) is 0 Å². The summed E-state index contributed by atoms with van der Waals surface area (Å²) in [7, 11) is 1.39. The van der Waals surface area contributed by atoms with Crippen molar-refractivity contribution in [1.29, 1.82) is 0 Å². The second-order valence-corrected chi connectivity index (χ2v) is 5.78. The number of esters is 1. The third kappa shape index (κ3) is 2.49. The molecule has 1 unspecified atom stereocenters. The third-order valence-electron chi connectivity index (χ3n) is 2.42. The monoisotopic (exact) mass is 258 g/mol. The maximum atomic E-state index is 11.4. The molecule has 1 N–H and O–H groups in total. The van der Waals surface area contributed by atoms with Crippen molar-refractivity contribution in [3.63, 3.8) is 0 Å². The molecule has 1 aromatic rings. The van der Waals surface area contributed by atoms with Gasteiger partial charge in [0.25, 0.3) is 0 Å². The highest BCUT2D eigenvalue weighted by Crippen LogP contribution is 2.27. The van der Waals surface area contributed by atoms with E-state index in [4.69, 9.17) is 4.74 Å². The van der Waals surface area contributed by atoms with E-state index in [-0.39, 0.29) is 5.97 Å². The third-order valence-corrected chi connectivity index (χ3v) is 4.66. The molecule has 1 aliphatic heterocycles. The fourth-order valence-corrected chi connectivity index (χ4v) is 3.68. The minimum absolute atomic E-state index is 0.302. The second kappa shape index (κ2) is 5.05. The van der Waals surface area contributed by atoms with Crippen LogP contribution in [-0.4, -0.2) is 35.6 Å². The molecule has 0 saturated carbocycles. The van der Waals surface area contributed by atoms with Crippen molar-refractivity contribution in [2.24, 2.45) is 0 Å². The Kier molecular flexibility index (Phi) is 3.70. The fourth-order valence-electron chi connectivity index (χ4n) is 1.56. The summed E-state index contributed by atoms with van der Waals surface area (Å²) in [6.07, 6.45) is 1.16. The molecule has 88 valence electrons. The van der Waals surface area contributed by atoms with Crippen LogP contribution in [0.5, 0.6) is 0 Å². The molecular formula is C10H14N2O2S2. The minimum Gasteiger partial charge on any atom is -0.465 e. The van der Waals surface area contributed by atoms with Crippen LogP contribution < -0.4 is 5.32 Å². The molecule has 0 spiro atoms. The van der Waals surface area contributed by atoms with E-state index in [0.717, 1.165) is 23.0 Å². The lowest BCUT2D eigenvalue weighted by Gasteiger charge is -2.08.